The van der Waals surface area contributed by atoms with Gasteiger partial charge in [0.25, 0.3) is 0 Å². The van der Waals surface area contributed by atoms with Crippen LogP contribution in [0.25, 0.3) is 0 Å². The molecule has 0 amide bonds. The van der Waals surface area contributed by atoms with Gasteiger partial charge < -0.3 is 14.2 Å². The first-order valence-electron chi connectivity index (χ1n) is 6.14. The predicted octanol–water partition coefficient (Wildman–Crippen LogP) is 1.76. The first kappa shape index (κ1) is 15.6. The second kappa shape index (κ2) is 6.14. The van der Waals surface area contributed by atoms with Crippen molar-refractivity contribution in [2.45, 2.75) is 39.2 Å². The largest absolute Gasteiger partial charge is 0.460 e. The standard InChI is InChI=1S/C13H19FO5/c1-5-18-12(16)11-6-10(8(2)17-4)7-13(14,19-11)9(3)15/h6,8,10H,5,7H2,1-4H3. The van der Waals surface area contributed by atoms with Crippen LogP contribution in [0.5, 0.6) is 0 Å². The normalized spacial score (nSPS) is 28.1. The molecule has 6 heteroatoms. The minimum Gasteiger partial charge on any atom is -0.460 e. The highest BCUT2D eigenvalue weighted by molar-refractivity contribution is 5.89. The fourth-order valence-electron chi connectivity index (χ4n) is 1.81. The zero-order valence-corrected chi connectivity index (χ0v) is 11.6. The lowest BCUT2D eigenvalue weighted by atomic mass is 9.90. The molecule has 0 radical (unpaired) electrons. The van der Waals surface area contributed by atoms with E-state index in [1.165, 1.54) is 13.2 Å². The molecule has 0 saturated carbocycles. The molecule has 1 aliphatic rings. The van der Waals surface area contributed by atoms with E-state index in [1.54, 1.807) is 13.8 Å². The molecule has 0 bridgehead atoms. The molecule has 0 fully saturated rings. The van der Waals surface area contributed by atoms with E-state index in [4.69, 9.17) is 14.2 Å². The average Bonchev–Trinajstić information content (AvgIpc) is 2.37. The van der Waals surface area contributed by atoms with Crippen LogP contribution in [0.4, 0.5) is 4.39 Å². The SMILES string of the molecule is CCOC(=O)C1=CC(C(C)OC)CC(F)(C(C)=O)O1. The quantitative estimate of drug-likeness (QED) is 0.715. The first-order valence-corrected chi connectivity index (χ1v) is 6.14. The summed E-state index contributed by atoms with van der Waals surface area (Å²) in [6.45, 7) is 4.59. The Hall–Kier alpha value is -1.43. The van der Waals surface area contributed by atoms with Crippen molar-refractivity contribution in [3.8, 4) is 0 Å². The van der Waals surface area contributed by atoms with Gasteiger partial charge in [-0.3, -0.25) is 4.79 Å². The van der Waals surface area contributed by atoms with Crippen LogP contribution >= 0.6 is 0 Å². The molecule has 0 spiro atoms. The number of rotatable bonds is 5. The molecule has 1 aliphatic heterocycles. The summed E-state index contributed by atoms with van der Waals surface area (Å²) in [5, 5.41) is 0. The van der Waals surface area contributed by atoms with E-state index in [2.05, 4.69) is 0 Å². The summed E-state index contributed by atoms with van der Waals surface area (Å²) >= 11 is 0. The van der Waals surface area contributed by atoms with Gasteiger partial charge in [0, 0.05) is 26.4 Å². The van der Waals surface area contributed by atoms with Gasteiger partial charge in [-0.25, -0.2) is 4.79 Å². The second-order valence-electron chi connectivity index (χ2n) is 4.45. The number of alkyl halides is 1. The van der Waals surface area contributed by atoms with E-state index < -0.39 is 23.5 Å². The van der Waals surface area contributed by atoms with Crippen LogP contribution in [-0.2, 0) is 23.8 Å². The van der Waals surface area contributed by atoms with Crippen molar-refractivity contribution in [3.63, 3.8) is 0 Å². The predicted molar refractivity (Wildman–Crippen MR) is 64.9 cm³/mol. The van der Waals surface area contributed by atoms with Crippen molar-refractivity contribution < 1.29 is 28.2 Å². The molecule has 0 aromatic heterocycles. The van der Waals surface area contributed by atoms with Gasteiger partial charge in [0.1, 0.15) is 0 Å². The number of ether oxygens (including phenoxy) is 3. The molecule has 3 unspecified atom stereocenters. The number of hydrogen-bond donors (Lipinski definition) is 0. The van der Waals surface area contributed by atoms with Crippen molar-refractivity contribution in [2.75, 3.05) is 13.7 Å². The summed E-state index contributed by atoms with van der Waals surface area (Å²) in [4.78, 5) is 23.0. The van der Waals surface area contributed by atoms with Gasteiger partial charge in [0.15, 0.2) is 0 Å². The van der Waals surface area contributed by atoms with E-state index in [0.717, 1.165) is 6.92 Å². The highest BCUT2D eigenvalue weighted by Crippen LogP contribution is 2.35. The van der Waals surface area contributed by atoms with Gasteiger partial charge in [0.05, 0.1) is 12.7 Å². The minimum atomic E-state index is -2.51. The Labute approximate surface area is 111 Å². The molecule has 5 nitrogen and oxygen atoms in total. The van der Waals surface area contributed by atoms with Crippen molar-refractivity contribution in [2.24, 2.45) is 5.92 Å². The molecular weight excluding hydrogens is 255 g/mol. The number of Topliss-reactive ketones (excluding diaryl/α,β-unsaturated/α-hetero) is 1. The van der Waals surface area contributed by atoms with Crippen molar-refractivity contribution in [1.82, 2.24) is 0 Å². The third kappa shape index (κ3) is 3.53. The van der Waals surface area contributed by atoms with E-state index in [-0.39, 0.29) is 24.9 Å². The molecule has 0 aromatic carbocycles. The monoisotopic (exact) mass is 274 g/mol. The molecule has 1 rings (SSSR count). The molecule has 0 saturated heterocycles. The molecule has 3 atom stereocenters. The Balaban J connectivity index is 3.04. The Morgan fingerprint density at radius 1 is 1.63 bits per heavy atom. The summed E-state index contributed by atoms with van der Waals surface area (Å²) in [6.07, 6.45) is 0.926. The summed E-state index contributed by atoms with van der Waals surface area (Å²) in [5.74, 6) is -4.78. The first-order chi connectivity index (χ1) is 8.84. The lowest BCUT2D eigenvalue weighted by molar-refractivity contribution is -0.179. The maximum atomic E-state index is 14.4. The highest BCUT2D eigenvalue weighted by Gasteiger charge is 2.46. The summed E-state index contributed by atoms with van der Waals surface area (Å²) in [6, 6.07) is 0. The number of methoxy groups -OCH3 is 1. The Bertz CT molecular complexity index is 392. The van der Waals surface area contributed by atoms with E-state index in [9.17, 15) is 14.0 Å². The zero-order chi connectivity index (χ0) is 14.6. The van der Waals surface area contributed by atoms with Crippen LogP contribution in [-0.4, -0.2) is 37.4 Å². The number of esters is 1. The minimum absolute atomic E-state index is 0.142. The van der Waals surface area contributed by atoms with Crippen LogP contribution in [0.3, 0.4) is 0 Å². The summed E-state index contributed by atoms with van der Waals surface area (Å²) in [7, 11) is 1.48. The number of hydrogen-bond acceptors (Lipinski definition) is 5. The molecular formula is C13H19FO5. The van der Waals surface area contributed by atoms with E-state index in [1.807, 2.05) is 0 Å². The van der Waals surface area contributed by atoms with Crippen molar-refractivity contribution in [1.29, 1.82) is 0 Å². The molecule has 108 valence electrons. The number of carbonyl (C=O) groups is 2. The zero-order valence-electron chi connectivity index (χ0n) is 11.6. The lowest BCUT2D eigenvalue weighted by Gasteiger charge is -2.34. The number of halogens is 1. The number of ketones is 1. The maximum absolute atomic E-state index is 14.4. The third-order valence-electron chi connectivity index (χ3n) is 3.11. The van der Waals surface area contributed by atoms with Gasteiger partial charge in [-0.05, 0) is 19.9 Å². The lowest BCUT2D eigenvalue weighted by Crippen LogP contribution is -2.43. The van der Waals surface area contributed by atoms with Crippen molar-refractivity contribution in [3.05, 3.63) is 11.8 Å². The topological polar surface area (TPSA) is 61.8 Å². The molecule has 19 heavy (non-hydrogen) atoms. The van der Waals surface area contributed by atoms with Crippen molar-refractivity contribution >= 4 is 11.8 Å². The summed E-state index contributed by atoms with van der Waals surface area (Å²) in [5.41, 5.74) is 0. The molecule has 0 aliphatic carbocycles. The fraction of sp³-hybridized carbons (Fsp3) is 0.692. The maximum Gasteiger partial charge on any atom is 0.373 e. The van der Waals surface area contributed by atoms with E-state index in [0.29, 0.717) is 0 Å². The number of carbonyl (C=O) groups excluding carboxylic acids is 2. The van der Waals surface area contributed by atoms with Crippen LogP contribution in [0.1, 0.15) is 27.2 Å². The Morgan fingerprint density at radius 3 is 2.74 bits per heavy atom. The van der Waals surface area contributed by atoms with Gasteiger partial charge >= 0.3 is 11.8 Å². The highest BCUT2D eigenvalue weighted by atomic mass is 19.2. The van der Waals surface area contributed by atoms with Crippen LogP contribution in [0, 0.1) is 5.92 Å². The third-order valence-corrected chi connectivity index (χ3v) is 3.11. The Kier molecular flexibility index (Phi) is 5.05. The molecule has 0 aromatic rings. The molecule has 1 heterocycles. The smallest absolute Gasteiger partial charge is 0.373 e. The van der Waals surface area contributed by atoms with Crippen LogP contribution in [0.2, 0.25) is 0 Å². The molecule has 0 N–H and O–H groups in total. The van der Waals surface area contributed by atoms with Crippen LogP contribution in [0.15, 0.2) is 11.8 Å². The van der Waals surface area contributed by atoms with Gasteiger partial charge in [-0.1, -0.05) is 0 Å². The van der Waals surface area contributed by atoms with Gasteiger partial charge in [-0.15, -0.1) is 0 Å². The van der Waals surface area contributed by atoms with E-state index >= 15 is 0 Å². The van der Waals surface area contributed by atoms with Crippen LogP contribution < -0.4 is 0 Å². The van der Waals surface area contributed by atoms with Gasteiger partial charge in [-0.2, -0.15) is 4.39 Å². The average molecular weight is 274 g/mol. The fourth-order valence-corrected chi connectivity index (χ4v) is 1.81. The summed E-state index contributed by atoms with van der Waals surface area (Å²) < 4.78 is 29.2. The van der Waals surface area contributed by atoms with Gasteiger partial charge in [0.2, 0.25) is 11.5 Å². The Morgan fingerprint density at radius 2 is 2.26 bits per heavy atom. The second-order valence-corrected chi connectivity index (χ2v) is 4.45.